The fourth-order valence-corrected chi connectivity index (χ4v) is 2.34. The van der Waals surface area contributed by atoms with Gasteiger partial charge in [-0.3, -0.25) is 4.98 Å². The first kappa shape index (κ1) is 15.6. The largest absolute Gasteiger partial charge is 0.439 e. The molecule has 0 unspecified atom stereocenters. The monoisotopic (exact) mass is 373 g/mol. The molecule has 23 heavy (non-hydrogen) atoms. The first-order valence-corrected chi connectivity index (χ1v) is 7.72. The van der Waals surface area contributed by atoms with Crippen LogP contribution in [0.3, 0.4) is 0 Å². The van der Waals surface area contributed by atoms with Gasteiger partial charge >= 0.3 is 0 Å². The first-order valence-electron chi connectivity index (χ1n) is 6.93. The van der Waals surface area contributed by atoms with Crippen LogP contribution in [0.5, 0.6) is 11.6 Å². The number of hydrogen-bond acceptors (Lipinski definition) is 4. The molecular formula is C17H13BrFN3O. The minimum Gasteiger partial charge on any atom is -0.439 e. The molecule has 0 aliphatic heterocycles. The summed E-state index contributed by atoms with van der Waals surface area (Å²) in [6.07, 6.45) is 3.37. The van der Waals surface area contributed by atoms with Gasteiger partial charge in [-0.1, -0.05) is 0 Å². The Balaban J connectivity index is 2.01. The standard InChI is InChI=1S/C17H13BrFN3O/c1-10-11(2)21-16(12-5-7-20-8-6-12)22-17(10)23-13-3-4-15(19)14(18)9-13/h3-9H,1-2H3. The summed E-state index contributed by atoms with van der Waals surface area (Å²) in [6.45, 7) is 3.79. The van der Waals surface area contributed by atoms with Crippen molar-refractivity contribution < 1.29 is 9.13 Å². The lowest BCUT2D eigenvalue weighted by atomic mass is 10.2. The summed E-state index contributed by atoms with van der Waals surface area (Å²) in [5.74, 6) is 1.17. The Hall–Kier alpha value is -2.34. The van der Waals surface area contributed by atoms with Crippen LogP contribution in [0.1, 0.15) is 11.3 Å². The van der Waals surface area contributed by atoms with Crippen molar-refractivity contribution in [3.8, 4) is 23.0 Å². The lowest BCUT2D eigenvalue weighted by molar-refractivity contribution is 0.455. The zero-order chi connectivity index (χ0) is 16.4. The average Bonchev–Trinajstić information content (AvgIpc) is 2.56. The molecule has 4 nitrogen and oxygen atoms in total. The molecule has 0 spiro atoms. The third kappa shape index (κ3) is 3.37. The average molecular weight is 374 g/mol. The van der Waals surface area contributed by atoms with E-state index in [-0.39, 0.29) is 5.82 Å². The van der Waals surface area contributed by atoms with E-state index >= 15 is 0 Å². The Kier molecular flexibility index (Phi) is 4.34. The van der Waals surface area contributed by atoms with E-state index in [0.717, 1.165) is 16.8 Å². The second-order valence-corrected chi connectivity index (χ2v) is 5.83. The van der Waals surface area contributed by atoms with E-state index in [2.05, 4.69) is 30.9 Å². The minimum atomic E-state index is -0.342. The molecule has 0 fully saturated rings. The van der Waals surface area contributed by atoms with Gasteiger partial charge in [0.05, 0.1) is 4.47 Å². The van der Waals surface area contributed by atoms with Crippen LogP contribution in [0.15, 0.2) is 47.2 Å². The van der Waals surface area contributed by atoms with Crippen molar-refractivity contribution in [3.63, 3.8) is 0 Å². The zero-order valence-electron chi connectivity index (χ0n) is 12.5. The maximum Gasteiger partial charge on any atom is 0.226 e. The summed E-state index contributed by atoms with van der Waals surface area (Å²) in [7, 11) is 0. The van der Waals surface area contributed by atoms with Gasteiger partial charge in [-0.15, -0.1) is 0 Å². The topological polar surface area (TPSA) is 47.9 Å². The quantitative estimate of drug-likeness (QED) is 0.658. The fourth-order valence-electron chi connectivity index (χ4n) is 1.98. The summed E-state index contributed by atoms with van der Waals surface area (Å²) >= 11 is 3.15. The summed E-state index contributed by atoms with van der Waals surface area (Å²) in [4.78, 5) is 13.0. The molecule has 0 radical (unpaired) electrons. The second kappa shape index (κ2) is 6.42. The molecule has 116 valence electrons. The van der Waals surface area contributed by atoms with Crippen LogP contribution < -0.4 is 4.74 Å². The third-order valence-electron chi connectivity index (χ3n) is 3.39. The maximum absolute atomic E-state index is 13.3. The SMILES string of the molecule is Cc1nc(-c2ccncc2)nc(Oc2ccc(F)c(Br)c2)c1C. The molecule has 1 aromatic carbocycles. The summed E-state index contributed by atoms with van der Waals surface area (Å²) < 4.78 is 19.5. The predicted molar refractivity (Wildman–Crippen MR) is 88.9 cm³/mol. The van der Waals surface area contributed by atoms with Crippen molar-refractivity contribution in [1.29, 1.82) is 0 Å². The van der Waals surface area contributed by atoms with Gasteiger partial charge in [0.2, 0.25) is 5.88 Å². The van der Waals surface area contributed by atoms with Crippen molar-refractivity contribution in [3.05, 3.63) is 64.3 Å². The lowest BCUT2D eigenvalue weighted by Crippen LogP contribution is -2.00. The smallest absolute Gasteiger partial charge is 0.226 e. The van der Waals surface area contributed by atoms with Crippen LogP contribution in [0.2, 0.25) is 0 Å². The number of nitrogens with zero attached hydrogens (tertiary/aromatic N) is 3. The van der Waals surface area contributed by atoms with E-state index in [1.165, 1.54) is 6.07 Å². The highest BCUT2D eigenvalue weighted by Gasteiger charge is 2.12. The van der Waals surface area contributed by atoms with E-state index in [1.807, 2.05) is 26.0 Å². The molecule has 0 amide bonds. The number of benzene rings is 1. The molecule has 0 bridgehead atoms. The molecule has 3 rings (SSSR count). The zero-order valence-corrected chi connectivity index (χ0v) is 14.1. The van der Waals surface area contributed by atoms with Crippen LogP contribution >= 0.6 is 15.9 Å². The number of hydrogen-bond donors (Lipinski definition) is 0. The van der Waals surface area contributed by atoms with Gasteiger partial charge in [0.15, 0.2) is 5.82 Å². The normalized spacial score (nSPS) is 10.6. The minimum absolute atomic E-state index is 0.341. The van der Waals surface area contributed by atoms with Gasteiger partial charge in [0.1, 0.15) is 11.6 Å². The highest BCUT2D eigenvalue weighted by atomic mass is 79.9. The van der Waals surface area contributed by atoms with Crippen LogP contribution in [0.4, 0.5) is 4.39 Å². The maximum atomic E-state index is 13.3. The Labute approximate surface area is 141 Å². The van der Waals surface area contributed by atoms with Crippen molar-refractivity contribution in [1.82, 2.24) is 15.0 Å². The number of aryl methyl sites for hydroxylation is 1. The molecule has 2 heterocycles. The summed E-state index contributed by atoms with van der Waals surface area (Å²) in [6, 6.07) is 8.14. The number of aromatic nitrogens is 3. The molecule has 0 saturated carbocycles. The number of ether oxygens (including phenoxy) is 1. The summed E-state index contributed by atoms with van der Waals surface area (Å²) in [5.41, 5.74) is 2.51. The fraction of sp³-hybridized carbons (Fsp3) is 0.118. The van der Waals surface area contributed by atoms with E-state index in [1.54, 1.807) is 24.5 Å². The van der Waals surface area contributed by atoms with E-state index in [4.69, 9.17) is 4.74 Å². The highest BCUT2D eigenvalue weighted by molar-refractivity contribution is 9.10. The molecule has 0 atom stereocenters. The highest BCUT2D eigenvalue weighted by Crippen LogP contribution is 2.29. The Bertz CT molecular complexity index is 856. The van der Waals surface area contributed by atoms with Gasteiger partial charge in [-0.2, -0.15) is 4.98 Å². The molecule has 0 aliphatic carbocycles. The van der Waals surface area contributed by atoms with Gasteiger partial charge in [0.25, 0.3) is 0 Å². The van der Waals surface area contributed by atoms with Gasteiger partial charge in [-0.25, -0.2) is 9.37 Å². The van der Waals surface area contributed by atoms with Gasteiger partial charge in [-0.05, 0) is 60.1 Å². The summed E-state index contributed by atoms with van der Waals surface area (Å²) in [5, 5.41) is 0. The second-order valence-electron chi connectivity index (χ2n) is 4.98. The predicted octanol–water partition coefficient (Wildman–Crippen LogP) is 4.85. The van der Waals surface area contributed by atoms with E-state index < -0.39 is 0 Å². The van der Waals surface area contributed by atoms with Crippen LogP contribution in [-0.4, -0.2) is 15.0 Å². The third-order valence-corrected chi connectivity index (χ3v) is 4.00. The Morgan fingerprint density at radius 2 is 1.78 bits per heavy atom. The molecule has 0 aliphatic rings. The molecule has 0 saturated heterocycles. The van der Waals surface area contributed by atoms with Gasteiger partial charge < -0.3 is 4.74 Å². The number of rotatable bonds is 3. The van der Waals surface area contributed by atoms with E-state index in [9.17, 15) is 4.39 Å². The molecule has 2 aromatic heterocycles. The Morgan fingerprint density at radius 1 is 1.04 bits per heavy atom. The van der Waals surface area contributed by atoms with Crippen LogP contribution in [0.25, 0.3) is 11.4 Å². The molecule has 6 heteroatoms. The van der Waals surface area contributed by atoms with Crippen LogP contribution in [-0.2, 0) is 0 Å². The first-order chi connectivity index (χ1) is 11.0. The van der Waals surface area contributed by atoms with Crippen molar-refractivity contribution >= 4 is 15.9 Å². The molecular weight excluding hydrogens is 361 g/mol. The molecule has 3 aromatic rings. The number of pyridine rings is 1. The van der Waals surface area contributed by atoms with Gasteiger partial charge in [0, 0.05) is 29.2 Å². The Morgan fingerprint density at radius 3 is 2.48 bits per heavy atom. The van der Waals surface area contributed by atoms with Crippen molar-refractivity contribution in [2.45, 2.75) is 13.8 Å². The number of halogens is 2. The molecule has 0 N–H and O–H groups in total. The lowest BCUT2D eigenvalue weighted by Gasteiger charge is -2.11. The van der Waals surface area contributed by atoms with Crippen LogP contribution in [0, 0.1) is 19.7 Å². The van der Waals surface area contributed by atoms with Crippen molar-refractivity contribution in [2.24, 2.45) is 0 Å². The van der Waals surface area contributed by atoms with E-state index in [0.29, 0.717) is 21.9 Å². The van der Waals surface area contributed by atoms with Crippen molar-refractivity contribution in [2.75, 3.05) is 0 Å².